The second-order valence-electron chi connectivity index (χ2n) is 15.1. The molecule has 0 saturated heterocycles. The fourth-order valence-electron chi connectivity index (χ4n) is 7.92. The number of hydrogen-bond donors (Lipinski definition) is 0. The molecule has 0 bridgehead atoms. The van der Waals surface area contributed by atoms with Crippen molar-refractivity contribution in [3.63, 3.8) is 0 Å². The Morgan fingerprint density at radius 2 is 0.403 bits per heavy atom. The predicted molar refractivity (Wildman–Crippen MR) is 203 cm³/mol. The molecule has 0 N–H and O–H groups in total. The van der Waals surface area contributed by atoms with E-state index >= 15 is 26.3 Å². The summed E-state index contributed by atoms with van der Waals surface area (Å²) in [5, 5.41) is 0. The summed E-state index contributed by atoms with van der Waals surface area (Å²) in [6, 6.07) is 2.29. The van der Waals surface area contributed by atoms with Gasteiger partial charge < -0.3 is 0 Å². The van der Waals surface area contributed by atoms with Crippen molar-refractivity contribution in [3.8, 4) is 0 Å². The maximum Gasteiger partial charge on any atom is 1.00 e. The molecule has 0 spiro atoms. The number of benzene rings is 7. The summed E-state index contributed by atoms with van der Waals surface area (Å²) in [7, 11) is 0. The van der Waals surface area contributed by atoms with Crippen LogP contribution in [0.25, 0.3) is 6.08 Å². The first-order valence-electron chi connectivity index (χ1n) is 19.2. The Balaban J connectivity index is 0.000000287. The van der Waals surface area contributed by atoms with Gasteiger partial charge in [-0.05, 0) is 5.56 Å². The Bertz CT molecular complexity index is 3130. The van der Waals surface area contributed by atoms with Gasteiger partial charge in [0.15, 0.2) is 140 Å². The van der Waals surface area contributed by atoms with Gasteiger partial charge in [0, 0.05) is 16.4 Å². The Morgan fingerprint density at radius 3 is 0.571 bits per heavy atom. The number of halogens is 30. The maximum absolute atomic E-state index is 15.5. The van der Waals surface area contributed by atoms with Crippen molar-refractivity contribution in [2.45, 2.75) is 0 Å². The third kappa shape index (κ3) is 9.14. The van der Waals surface area contributed by atoms with E-state index in [2.05, 4.69) is 6.58 Å². The molecule has 0 aliphatic heterocycles. The molecule has 0 heterocycles. The van der Waals surface area contributed by atoms with Gasteiger partial charge in [0.05, 0.1) is 0 Å². The standard InChI is InChI=1S/C26H7BF15.C18BF15.Na/c1-2-7-3-5-8(6-4-7)27(9-12(28)18(34)24(40)19(35)13(9)29,10-14(30)20(36)25(41)21(37)15(10)31)11-16(32)22(38)26(42)23(39)17(11)33;20-4-1(5(21)11(27)16(32)10(4)26)19(2-6(22)12(28)17(33)13(29)7(2)23)3-8(24)14(30)18(34)15(31)9(3)25;/h2-6H,1H2;;/q-1;;+1. The third-order valence-electron chi connectivity index (χ3n) is 11.3. The van der Waals surface area contributed by atoms with Crippen molar-refractivity contribution in [3.05, 3.63) is 211 Å². The second kappa shape index (κ2) is 22.0. The first-order valence-corrected chi connectivity index (χ1v) is 19.2. The topological polar surface area (TPSA) is 0 Å². The average Bonchev–Trinajstić information content (AvgIpc) is 3.40. The van der Waals surface area contributed by atoms with Crippen molar-refractivity contribution in [1.29, 1.82) is 0 Å². The molecule has 7 rings (SSSR count). The molecule has 0 amide bonds. The Hall–Kier alpha value is -6.69. The summed E-state index contributed by atoms with van der Waals surface area (Å²) in [6.07, 6.45) is -4.76. The van der Waals surface area contributed by atoms with E-state index in [-0.39, 0.29) is 35.1 Å². The molecule has 0 atom stereocenters. The van der Waals surface area contributed by atoms with E-state index in [9.17, 15) is 105 Å². The maximum atomic E-state index is 15.5. The minimum absolute atomic E-state index is 0. The molecule has 0 radical (unpaired) electrons. The summed E-state index contributed by atoms with van der Waals surface area (Å²) in [6.45, 7) is -0.656. The van der Waals surface area contributed by atoms with Crippen molar-refractivity contribution < 1.29 is 161 Å². The molecule has 33 heteroatoms. The predicted octanol–water partition coefficient (Wildman–Crippen LogP) is 7.09. The Kier molecular flexibility index (Phi) is 17.5. The summed E-state index contributed by atoms with van der Waals surface area (Å²) in [5.74, 6) is -90.9. The molecule has 7 aromatic carbocycles. The Labute approximate surface area is 428 Å². The smallest absolute Gasteiger partial charge is 0.207 e. The van der Waals surface area contributed by atoms with Crippen LogP contribution in [0.4, 0.5) is 132 Å². The first kappa shape index (κ1) is 61.2. The van der Waals surface area contributed by atoms with Crippen LogP contribution < -0.4 is 67.8 Å². The van der Waals surface area contributed by atoms with Crippen LogP contribution in [0.1, 0.15) is 5.56 Å². The SMILES string of the molecule is C=Cc1ccc([B-](c2c(F)c(F)c(F)c(F)c2F)(c2c(F)c(F)c(F)c(F)c2F)c2c(F)c(F)c(F)c(F)c2F)cc1.Fc1c(F)c(F)c(B(c2c(F)c(F)c(F)c(F)c2F)c2c(F)c(F)c(F)c(F)c2F)c(F)c1F.[Na+]. The molecule has 77 heavy (non-hydrogen) atoms. The number of rotatable bonds is 8. The van der Waals surface area contributed by atoms with Gasteiger partial charge in [-0.25, -0.2) is 132 Å². The molecule has 0 aliphatic carbocycles. The molecule has 0 aromatic heterocycles. The van der Waals surface area contributed by atoms with Gasteiger partial charge in [0.25, 0.3) is 6.71 Å². The van der Waals surface area contributed by atoms with Crippen LogP contribution in [-0.2, 0) is 0 Å². The zero-order chi connectivity index (χ0) is 57.6. The van der Waals surface area contributed by atoms with E-state index < -0.39 is 226 Å². The van der Waals surface area contributed by atoms with Gasteiger partial charge in [0.2, 0.25) is 0 Å². The van der Waals surface area contributed by atoms with E-state index in [4.69, 9.17) is 0 Å². The molecule has 400 valence electrons. The van der Waals surface area contributed by atoms with Crippen LogP contribution in [0.5, 0.6) is 0 Å². The number of hydrogen-bond acceptors (Lipinski definition) is 0. The van der Waals surface area contributed by atoms with E-state index in [1.54, 1.807) is 0 Å². The summed E-state index contributed by atoms with van der Waals surface area (Å²) in [5.41, 5.74) is -17.6. The zero-order valence-electron chi connectivity index (χ0n) is 36.1. The van der Waals surface area contributed by atoms with Crippen LogP contribution in [0.3, 0.4) is 0 Å². The van der Waals surface area contributed by atoms with Crippen molar-refractivity contribution in [1.82, 2.24) is 0 Å². The minimum atomic E-state index is -5.77. The van der Waals surface area contributed by atoms with Gasteiger partial charge >= 0.3 is 29.6 Å². The largest absolute Gasteiger partial charge is 1.00 e. The van der Waals surface area contributed by atoms with Crippen LogP contribution >= 0.6 is 0 Å². The molecule has 0 nitrogen and oxygen atoms in total. The van der Waals surface area contributed by atoms with E-state index in [1.165, 1.54) is 0 Å². The molecule has 0 fully saturated rings. The van der Waals surface area contributed by atoms with Crippen molar-refractivity contribution >= 4 is 57.2 Å². The van der Waals surface area contributed by atoms with E-state index in [1.807, 2.05) is 0 Å². The molecule has 7 aromatic rings. The van der Waals surface area contributed by atoms with Crippen LogP contribution in [0.15, 0.2) is 30.8 Å². The monoisotopic (exact) mass is 1150 g/mol. The summed E-state index contributed by atoms with van der Waals surface area (Å²) in [4.78, 5) is 0. The fraction of sp³-hybridized carbons (Fsp3) is 0. The summed E-state index contributed by atoms with van der Waals surface area (Å²) >= 11 is 0. The van der Waals surface area contributed by atoms with Crippen molar-refractivity contribution in [2.24, 2.45) is 0 Å². The van der Waals surface area contributed by atoms with Gasteiger partial charge in [0.1, 0.15) is 41.0 Å². The van der Waals surface area contributed by atoms with Gasteiger partial charge in [-0.15, -0.1) is 16.4 Å². The van der Waals surface area contributed by atoms with Gasteiger partial charge in [-0.1, -0.05) is 36.9 Å². The zero-order valence-corrected chi connectivity index (χ0v) is 38.1. The quantitative estimate of drug-likeness (QED) is 0.0661. The van der Waals surface area contributed by atoms with Gasteiger partial charge in [-0.3, -0.25) is 0 Å². The van der Waals surface area contributed by atoms with Crippen LogP contribution in [0.2, 0.25) is 0 Å². The fourth-order valence-corrected chi connectivity index (χ4v) is 7.92. The second-order valence-corrected chi connectivity index (χ2v) is 15.1. The van der Waals surface area contributed by atoms with Crippen LogP contribution in [0, 0.1) is 175 Å². The minimum Gasteiger partial charge on any atom is -0.207 e. The molecule has 0 saturated carbocycles. The average molecular weight is 1150 g/mol. The molecule has 0 aliphatic rings. The normalized spacial score (nSPS) is 11.5. The summed E-state index contributed by atoms with van der Waals surface area (Å²) < 4.78 is 430. The molecular formula is C44H7B2F30Na. The van der Waals surface area contributed by atoms with Crippen molar-refractivity contribution in [2.75, 3.05) is 0 Å². The molecule has 0 unspecified atom stereocenters. The first-order chi connectivity index (χ1) is 35.2. The van der Waals surface area contributed by atoms with Crippen LogP contribution in [-0.4, -0.2) is 12.9 Å². The third-order valence-corrected chi connectivity index (χ3v) is 11.3. The molecular weight excluding hydrogens is 1140 g/mol. The van der Waals surface area contributed by atoms with E-state index in [0.717, 1.165) is 18.2 Å². The van der Waals surface area contributed by atoms with E-state index in [0.29, 0.717) is 12.1 Å². The Morgan fingerprint density at radius 1 is 0.247 bits per heavy atom. The van der Waals surface area contributed by atoms with Gasteiger partial charge in [-0.2, -0.15) is 5.46 Å².